The lowest BCUT2D eigenvalue weighted by atomic mass is 9.82. The molecular formula is C35H32O13. The maximum atomic E-state index is 13.1. The number of fused-ring (bicyclic) bond motifs is 3. The van der Waals surface area contributed by atoms with Crippen molar-refractivity contribution in [3.05, 3.63) is 88.5 Å². The number of aromatic hydroxyl groups is 7. The number of carbonyl (C=O) groups excluding carboxylic acids is 2. The summed E-state index contributed by atoms with van der Waals surface area (Å²) in [7, 11) is 0. The number of aryl methyl sites for hydroxylation is 1. The van der Waals surface area contributed by atoms with Crippen LogP contribution in [0.15, 0.2) is 60.7 Å². The van der Waals surface area contributed by atoms with Crippen LogP contribution in [0, 0.1) is 0 Å². The van der Waals surface area contributed by atoms with Crippen LogP contribution in [0.2, 0.25) is 0 Å². The van der Waals surface area contributed by atoms with Crippen molar-refractivity contribution in [1.29, 1.82) is 0 Å². The normalized spacial score (nSPS) is 18.9. The lowest BCUT2D eigenvalue weighted by Crippen LogP contribution is -2.36. The van der Waals surface area contributed by atoms with Gasteiger partial charge in [0.25, 0.3) is 0 Å². The molecule has 4 aromatic rings. The molecule has 0 saturated carbocycles. The van der Waals surface area contributed by atoms with Crippen LogP contribution < -0.4 is 9.47 Å². The highest BCUT2D eigenvalue weighted by molar-refractivity contribution is 5.80. The van der Waals surface area contributed by atoms with Gasteiger partial charge in [0, 0.05) is 35.1 Å². The fourth-order valence-electron chi connectivity index (χ4n) is 6.08. The van der Waals surface area contributed by atoms with Gasteiger partial charge >= 0.3 is 11.9 Å². The standard InChI is InChI=1S/C35H32O13/c36-19(5-1-16-2-6-22(37)26(41)9-16)12-31(44)47-30-13-21-25(40)15-29-33(35(21)48-34(30)18-4-8-24(39)28(43)11-18)20(14-32(45)46-29)17-3-7-23(38)27(42)10-17/h2-4,6-11,15,19-20,30,34,36-43H,1,5,12-14H2/t19?,20-,30-,34+/m0/s1. The van der Waals surface area contributed by atoms with E-state index < -0.39 is 59.8 Å². The fraction of sp³-hybridized carbons (Fsp3) is 0.257. The van der Waals surface area contributed by atoms with Crippen LogP contribution in [0.3, 0.4) is 0 Å². The first kappa shape index (κ1) is 32.1. The molecule has 2 heterocycles. The summed E-state index contributed by atoms with van der Waals surface area (Å²) in [6.07, 6.45) is -3.57. The fourth-order valence-corrected chi connectivity index (χ4v) is 6.08. The molecule has 0 bridgehead atoms. The SMILES string of the molecule is O=C1C[C@@H](c2ccc(O)c(O)c2)c2c(cc(O)c3c2O[C@H](c2ccc(O)c(O)c2)[C@@H](OC(=O)CC(O)CCc2ccc(O)c(O)c2)C3)O1. The molecule has 250 valence electrons. The number of aliphatic hydroxyl groups excluding tert-OH is 1. The summed E-state index contributed by atoms with van der Waals surface area (Å²) in [6, 6.07) is 13.5. The predicted octanol–water partition coefficient (Wildman–Crippen LogP) is 4.04. The smallest absolute Gasteiger partial charge is 0.312 e. The van der Waals surface area contributed by atoms with Crippen LogP contribution in [-0.4, -0.2) is 65.0 Å². The molecule has 0 aliphatic carbocycles. The molecule has 8 N–H and O–H groups in total. The maximum absolute atomic E-state index is 13.1. The van der Waals surface area contributed by atoms with Crippen molar-refractivity contribution in [2.24, 2.45) is 0 Å². The lowest BCUT2D eigenvalue weighted by Gasteiger charge is -2.37. The maximum Gasteiger partial charge on any atom is 0.312 e. The highest BCUT2D eigenvalue weighted by Crippen LogP contribution is 2.53. The summed E-state index contributed by atoms with van der Waals surface area (Å²) in [5.74, 6) is -4.53. The molecule has 13 nitrogen and oxygen atoms in total. The van der Waals surface area contributed by atoms with E-state index in [1.54, 1.807) is 6.07 Å². The Morgan fingerprint density at radius 2 is 1.40 bits per heavy atom. The summed E-state index contributed by atoms with van der Waals surface area (Å²) in [5, 5.41) is 81.2. The average molecular weight is 661 g/mol. The molecule has 0 saturated heterocycles. The van der Waals surface area contributed by atoms with Crippen LogP contribution in [0.1, 0.15) is 59.1 Å². The minimum absolute atomic E-state index is 0.00730. The summed E-state index contributed by atoms with van der Waals surface area (Å²) in [4.78, 5) is 25.7. The Bertz CT molecular complexity index is 1900. The molecule has 13 heteroatoms. The van der Waals surface area contributed by atoms with Crippen molar-refractivity contribution in [3.8, 4) is 51.7 Å². The molecule has 2 aliphatic heterocycles. The average Bonchev–Trinajstić information content (AvgIpc) is 3.03. The second kappa shape index (κ2) is 12.8. The second-order valence-corrected chi connectivity index (χ2v) is 11.8. The Morgan fingerprint density at radius 3 is 2.06 bits per heavy atom. The Morgan fingerprint density at radius 1 is 0.771 bits per heavy atom. The van der Waals surface area contributed by atoms with E-state index in [2.05, 4.69) is 0 Å². The second-order valence-electron chi connectivity index (χ2n) is 11.8. The Labute approximate surface area is 273 Å². The number of hydrogen-bond donors (Lipinski definition) is 8. The molecule has 4 aromatic carbocycles. The molecule has 4 atom stereocenters. The van der Waals surface area contributed by atoms with Gasteiger partial charge in [-0.05, 0) is 60.4 Å². The van der Waals surface area contributed by atoms with Gasteiger partial charge in [-0.15, -0.1) is 0 Å². The minimum atomic E-state index is -1.13. The molecule has 2 aliphatic rings. The summed E-state index contributed by atoms with van der Waals surface area (Å²) < 4.78 is 17.7. The summed E-state index contributed by atoms with van der Waals surface area (Å²) >= 11 is 0. The number of rotatable bonds is 8. The van der Waals surface area contributed by atoms with Crippen LogP contribution in [0.5, 0.6) is 51.7 Å². The third-order valence-electron chi connectivity index (χ3n) is 8.51. The zero-order chi connectivity index (χ0) is 34.3. The first-order valence-electron chi connectivity index (χ1n) is 15.1. The highest BCUT2D eigenvalue weighted by Gasteiger charge is 2.42. The van der Waals surface area contributed by atoms with Crippen molar-refractivity contribution in [1.82, 2.24) is 0 Å². The van der Waals surface area contributed by atoms with Gasteiger partial charge in [0.2, 0.25) is 0 Å². The Hall–Kier alpha value is -5.82. The zero-order valence-corrected chi connectivity index (χ0v) is 25.2. The van der Waals surface area contributed by atoms with Crippen molar-refractivity contribution in [2.75, 3.05) is 0 Å². The van der Waals surface area contributed by atoms with Crippen molar-refractivity contribution in [3.63, 3.8) is 0 Å². The van der Waals surface area contributed by atoms with Gasteiger partial charge in [0.1, 0.15) is 23.4 Å². The largest absolute Gasteiger partial charge is 0.507 e. The van der Waals surface area contributed by atoms with E-state index >= 15 is 0 Å². The number of aliphatic hydroxyl groups is 1. The quantitative estimate of drug-likeness (QED) is 0.0760. The molecule has 1 unspecified atom stereocenters. The lowest BCUT2D eigenvalue weighted by molar-refractivity contribution is -0.157. The molecular weight excluding hydrogens is 628 g/mol. The number of esters is 2. The number of carbonyl (C=O) groups is 2. The number of benzene rings is 4. The molecule has 0 amide bonds. The van der Waals surface area contributed by atoms with Crippen molar-refractivity contribution >= 4 is 11.9 Å². The van der Waals surface area contributed by atoms with E-state index in [1.165, 1.54) is 54.6 Å². The first-order chi connectivity index (χ1) is 22.9. The van der Waals surface area contributed by atoms with Gasteiger partial charge < -0.3 is 55.1 Å². The van der Waals surface area contributed by atoms with E-state index in [0.29, 0.717) is 28.7 Å². The number of ether oxygens (including phenoxy) is 3. The van der Waals surface area contributed by atoms with E-state index in [1.807, 2.05) is 0 Å². The van der Waals surface area contributed by atoms with Crippen molar-refractivity contribution in [2.45, 2.75) is 56.3 Å². The van der Waals surface area contributed by atoms with Gasteiger partial charge in [0.05, 0.1) is 18.9 Å². The molecule has 0 fully saturated rings. The highest BCUT2D eigenvalue weighted by atomic mass is 16.6. The van der Waals surface area contributed by atoms with Gasteiger partial charge in [0.15, 0.2) is 40.6 Å². The van der Waals surface area contributed by atoms with Crippen LogP contribution in [-0.2, 0) is 27.2 Å². The number of phenols is 7. The third-order valence-corrected chi connectivity index (χ3v) is 8.51. The van der Waals surface area contributed by atoms with Crippen LogP contribution in [0.25, 0.3) is 0 Å². The van der Waals surface area contributed by atoms with E-state index in [9.17, 15) is 50.4 Å². The van der Waals surface area contributed by atoms with Gasteiger partial charge in [-0.1, -0.05) is 18.2 Å². The van der Waals surface area contributed by atoms with Crippen LogP contribution >= 0.6 is 0 Å². The van der Waals surface area contributed by atoms with Gasteiger partial charge in [-0.25, -0.2) is 0 Å². The van der Waals surface area contributed by atoms with Crippen molar-refractivity contribution < 1.29 is 64.7 Å². The molecule has 0 aromatic heterocycles. The predicted molar refractivity (Wildman–Crippen MR) is 165 cm³/mol. The molecule has 0 radical (unpaired) electrons. The minimum Gasteiger partial charge on any atom is -0.507 e. The first-order valence-corrected chi connectivity index (χ1v) is 15.1. The monoisotopic (exact) mass is 660 g/mol. The number of hydrogen-bond acceptors (Lipinski definition) is 13. The van der Waals surface area contributed by atoms with E-state index in [0.717, 1.165) is 0 Å². The summed E-state index contributed by atoms with van der Waals surface area (Å²) in [6.45, 7) is 0. The zero-order valence-electron chi connectivity index (χ0n) is 25.2. The summed E-state index contributed by atoms with van der Waals surface area (Å²) in [5.41, 5.74) is 1.96. The van der Waals surface area contributed by atoms with Gasteiger partial charge in [-0.3, -0.25) is 9.59 Å². The molecule has 6 rings (SSSR count). The van der Waals surface area contributed by atoms with Crippen LogP contribution in [0.4, 0.5) is 0 Å². The van der Waals surface area contributed by atoms with Gasteiger partial charge in [-0.2, -0.15) is 0 Å². The topological polar surface area (TPSA) is 224 Å². The van der Waals surface area contributed by atoms with E-state index in [-0.39, 0.29) is 59.3 Å². The number of phenolic OH excluding ortho intramolecular Hbond substituents is 7. The molecule has 48 heavy (non-hydrogen) atoms. The third kappa shape index (κ3) is 6.40. The Balaban J connectivity index is 1.31. The Kier molecular flexibility index (Phi) is 8.54. The molecule has 0 spiro atoms. The van der Waals surface area contributed by atoms with E-state index in [4.69, 9.17) is 14.2 Å².